The number of hydrogen-bond donors (Lipinski definition) is 0. The fourth-order valence-corrected chi connectivity index (χ4v) is 9.44. The predicted octanol–water partition coefficient (Wildman–Crippen LogP) is 5.59. The second kappa shape index (κ2) is 11.5. The third-order valence-electron chi connectivity index (χ3n) is 8.81. The molecular weight excluding hydrogens is 643 g/mol. The summed E-state index contributed by atoms with van der Waals surface area (Å²) in [4.78, 5) is 42.8. The van der Waals surface area contributed by atoms with Gasteiger partial charge in [-0.25, -0.2) is 17.6 Å². The van der Waals surface area contributed by atoms with E-state index in [0.29, 0.717) is 41.4 Å². The minimum absolute atomic E-state index is 0.0635. The number of esters is 1. The van der Waals surface area contributed by atoms with Crippen molar-refractivity contribution in [2.24, 2.45) is 11.8 Å². The van der Waals surface area contributed by atoms with Crippen molar-refractivity contribution in [2.45, 2.75) is 74.2 Å². The van der Waals surface area contributed by atoms with E-state index in [1.54, 1.807) is 43.9 Å². The van der Waals surface area contributed by atoms with Crippen molar-refractivity contribution in [3.63, 3.8) is 0 Å². The number of methoxy groups -OCH3 is 1. The summed E-state index contributed by atoms with van der Waals surface area (Å²) in [6, 6.07) is 8.85. The quantitative estimate of drug-likeness (QED) is 0.306. The molecule has 9 nitrogen and oxygen atoms in total. The number of amides is 2. The van der Waals surface area contributed by atoms with Crippen LogP contribution in [0.3, 0.4) is 0 Å². The summed E-state index contributed by atoms with van der Waals surface area (Å²) in [7, 11) is -2.88. The Morgan fingerprint density at radius 3 is 2.23 bits per heavy atom. The molecule has 5 rings (SSSR count). The second-order valence-electron chi connectivity index (χ2n) is 12.5. The highest BCUT2D eigenvalue weighted by Gasteiger charge is 2.63. The number of ether oxygens (including phenoxy) is 2. The van der Waals surface area contributed by atoms with Crippen molar-refractivity contribution >= 4 is 49.4 Å². The third kappa shape index (κ3) is 5.56. The number of carbonyl (C=O) groups excluding carboxylic acids is 3. The average Bonchev–Trinajstić information content (AvgIpc) is 3.36. The normalized spacial score (nSPS) is 25.5. The van der Waals surface area contributed by atoms with Crippen molar-refractivity contribution in [1.29, 1.82) is 0 Å². The van der Waals surface area contributed by atoms with Gasteiger partial charge in [-0.2, -0.15) is 0 Å². The molecule has 0 N–H and O–H groups in total. The first kappa shape index (κ1) is 31.4. The maximum atomic E-state index is 14.7. The van der Waals surface area contributed by atoms with Crippen LogP contribution in [-0.4, -0.2) is 63.1 Å². The summed E-state index contributed by atoms with van der Waals surface area (Å²) >= 11 is 3.46. The molecule has 2 unspecified atom stereocenters. The van der Waals surface area contributed by atoms with Crippen molar-refractivity contribution < 1.29 is 36.7 Å². The van der Waals surface area contributed by atoms with Crippen molar-refractivity contribution in [2.75, 3.05) is 25.1 Å². The topological polar surface area (TPSA) is 110 Å². The number of rotatable bonds is 4. The van der Waals surface area contributed by atoms with E-state index in [1.165, 1.54) is 24.1 Å². The first-order valence-electron chi connectivity index (χ1n) is 14.4. The highest BCUT2D eigenvalue weighted by molar-refractivity contribution is 9.10. The van der Waals surface area contributed by atoms with Gasteiger partial charge in [-0.1, -0.05) is 22.0 Å². The average molecular weight is 680 g/mol. The lowest BCUT2D eigenvalue weighted by Gasteiger charge is -2.47. The minimum atomic E-state index is -4.22. The molecule has 2 aliphatic heterocycles. The molecule has 2 atom stereocenters. The fourth-order valence-electron chi connectivity index (χ4n) is 6.79. The Morgan fingerprint density at radius 1 is 1.00 bits per heavy atom. The zero-order chi connectivity index (χ0) is 31.3. The molecule has 2 heterocycles. The van der Waals surface area contributed by atoms with E-state index in [2.05, 4.69) is 15.9 Å². The second-order valence-corrected chi connectivity index (χ2v) is 15.6. The van der Waals surface area contributed by atoms with E-state index in [-0.39, 0.29) is 42.2 Å². The Balaban J connectivity index is 1.61. The van der Waals surface area contributed by atoms with Gasteiger partial charge in [0.1, 0.15) is 16.2 Å². The molecule has 1 saturated carbocycles. The van der Waals surface area contributed by atoms with Gasteiger partial charge in [-0.05, 0) is 94.8 Å². The molecule has 1 saturated heterocycles. The number of halogens is 2. The van der Waals surface area contributed by atoms with E-state index in [0.717, 1.165) is 12.1 Å². The van der Waals surface area contributed by atoms with Crippen LogP contribution < -0.4 is 4.90 Å². The van der Waals surface area contributed by atoms with Crippen LogP contribution in [-0.2, 0) is 33.6 Å². The Labute approximate surface area is 259 Å². The highest BCUT2D eigenvalue weighted by atomic mass is 79.9. The van der Waals surface area contributed by atoms with Crippen LogP contribution in [0.15, 0.2) is 51.8 Å². The minimum Gasteiger partial charge on any atom is -0.469 e. The lowest BCUT2D eigenvalue weighted by molar-refractivity contribution is -0.148. The Bertz CT molecular complexity index is 1530. The summed E-state index contributed by atoms with van der Waals surface area (Å²) in [5, 5.41) is 0. The SMILES string of the molecule is COC(=O)[C@H]1CC[C@H](C(=O)N2CCC3(S(=O)(=O)c4ccc(F)cc4)c4ccc(Br)cc4N(C(=O)OC(C)(C)C)CC23)CC1. The van der Waals surface area contributed by atoms with Crippen LogP contribution in [0.4, 0.5) is 14.9 Å². The van der Waals surface area contributed by atoms with Crippen LogP contribution in [0, 0.1) is 17.7 Å². The maximum absolute atomic E-state index is 14.7. The summed E-state index contributed by atoms with van der Waals surface area (Å²) in [5.41, 5.74) is -0.0631. The Kier molecular flexibility index (Phi) is 8.41. The third-order valence-corrected chi connectivity index (χ3v) is 11.9. The molecule has 2 aromatic carbocycles. The zero-order valence-corrected chi connectivity index (χ0v) is 27.0. The van der Waals surface area contributed by atoms with E-state index in [9.17, 15) is 27.2 Å². The zero-order valence-electron chi connectivity index (χ0n) is 24.6. The molecule has 12 heteroatoms. The molecule has 1 aliphatic carbocycles. The molecule has 0 spiro atoms. The number of nitrogens with zero attached hydrogens (tertiary/aromatic N) is 2. The Morgan fingerprint density at radius 2 is 1.63 bits per heavy atom. The summed E-state index contributed by atoms with van der Waals surface area (Å²) in [6.07, 6.45) is 1.38. The molecule has 3 aliphatic rings. The van der Waals surface area contributed by atoms with Crippen LogP contribution in [0.1, 0.15) is 58.4 Å². The summed E-state index contributed by atoms with van der Waals surface area (Å²) in [5.74, 6) is -1.73. The van der Waals surface area contributed by atoms with Gasteiger partial charge in [0.25, 0.3) is 0 Å². The van der Waals surface area contributed by atoms with E-state index < -0.39 is 44.1 Å². The monoisotopic (exact) mass is 678 g/mol. The van der Waals surface area contributed by atoms with Gasteiger partial charge in [-0.15, -0.1) is 0 Å². The number of fused-ring (bicyclic) bond motifs is 3. The number of hydrogen-bond acceptors (Lipinski definition) is 7. The lowest BCUT2D eigenvalue weighted by atomic mass is 9.80. The molecule has 2 amide bonds. The Hall–Kier alpha value is -2.99. The molecule has 0 radical (unpaired) electrons. The van der Waals surface area contributed by atoms with Gasteiger partial charge in [0.15, 0.2) is 9.84 Å². The molecular formula is C31H36BrFN2O7S. The number of anilines is 1. The summed E-state index contributed by atoms with van der Waals surface area (Å²) in [6.45, 7) is 5.28. The van der Waals surface area contributed by atoms with Gasteiger partial charge < -0.3 is 14.4 Å². The maximum Gasteiger partial charge on any atom is 0.414 e. The number of benzene rings is 2. The first-order chi connectivity index (χ1) is 20.2. The van der Waals surface area contributed by atoms with E-state index in [4.69, 9.17) is 9.47 Å². The van der Waals surface area contributed by atoms with E-state index >= 15 is 0 Å². The van der Waals surface area contributed by atoms with Crippen LogP contribution >= 0.6 is 15.9 Å². The molecule has 2 aromatic rings. The van der Waals surface area contributed by atoms with E-state index in [1.807, 2.05) is 0 Å². The van der Waals surface area contributed by atoms with Crippen LogP contribution in [0.5, 0.6) is 0 Å². The van der Waals surface area contributed by atoms with Gasteiger partial charge >= 0.3 is 12.1 Å². The highest BCUT2D eigenvalue weighted by Crippen LogP contribution is 2.54. The standard InChI is InChI=1S/C31H36BrFN2O7S/c1-30(2,3)42-29(38)35-18-26-31(24-14-9-21(32)17-25(24)35,43(39,40)23-12-10-22(33)11-13-23)15-16-34(26)27(36)19-5-7-20(8-6-19)28(37)41-4/h9-14,17,19-20,26H,5-8,15-16,18H2,1-4H3/t19-,20-,26?,31?. The predicted molar refractivity (Wildman–Crippen MR) is 161 cm³/mol. The largest absolute Gasteiger partial charge is 0.469 e. The number of carbonyl (C=O) groups is 3. The van der Waals surface area contributed by atoms with Crippen molar-refractivity contribution in [3.8, 4) is 0 Å². The molecule has 43 heavy (non-hydrogen) atoms. The van der Waals surface area contributed by atoms with Crippen LogP contribution in [0.2, 0.25) is 0 Å². The van der Waals surface area contributed by atoms with Crippen molar-refractivity contribution in [1.82, 2.24) is 4.90 Å². The molecule has 232 valence electrons. The van der Waals surface area contributed by atoms with Gasteiger partial charge in [0.05, 0.1) is 36.2 Å². The van der Waals surface area contributed by atoms with Crippen molar-refractivity contribution in [3.05, 3.63) is 58.3 Å². The lowest BCUT2D eigenvalue weighted by Crippen LogP contribution is -2.60. The number of sulfone groups is 1. The van der Waals surface area contributed by atoms with Crippen LogP contribution in [0.25, 0.3) is 0 Å². The summed E-state index contributed by atoms with van der Waals surface area (Å²) < 4.78 is 52.9. The van der Waals surface area contributed by atoms with Gasteiger partial charge in [-0.3, -0.25) is 14.5 Å². The molecule has 0 bridgehead atoms. The smallest absolute Gasteiger partial charge is 0.414 e. The van der Waals surface area contributed by atoms with Gasteiger partial charge in [0.2, 0.25) is 5.91 Å². The molecule has 2 fully saturated rings. The molecule has 0 aromatic heterocycles. The number of likely N-dealkylation sites (tertiary alicyclic amines) is 1. The van der Waals surface area contributed by atoms with Gasteiger partial charge in [0, 0.05) is 16.9 Å². The first-order valence-corrected chi connectivity index (χ1v) is 16.7. The fraction of sp³-hybridized carbons (Fsp3) is 0.516.